The molecule has 0 N–H and O–H groups in total. The Labute approximate surface area is 106 Å². The van der Waals surface area contributed by atoms with Crippen LogP contribution in [0.25, 0.3) is 0 Å². The molecular formula is C12H15NO4S. The van der Waals surface area contributed by atoms with Crippen LogP contribution in [0.1, 0.15) is 24.2 Å². The zero-order valence-electron chi connectivity index (χ0n) is 10.7. The first-order chi connectivity index (χ1) is 8.23. The van der Waals surface area contributed by atoms with Crippen molar-refractivity contribution in [3.8, 4) is 0 Å². The van der Waals surface area contributed by atoms with Crippen LogP contribution in [0.3, 0.4) is 0 Å². The predicted octanol–water partition coefficient (Wildman–Crippen LogP) is 1.43. The number of hydrogen-bond acceptors (Lipinski definition) is 5. The van der Waals surface area contributed by atoms with Crippen molar-refractivity contribution >= 4 is 21.5 Å². The Morgan fingerprint density at radius 3 is 2.50 bits per heavy atom. The zero-order chi connectivity index (χ0) is 13.7. The largest absolute Gasteiger partial charge is 0.465 e. The second-order valence-electron chi connectivity index (χ2n) is 4.68. The fourth-order valence-electron chi connectivity index (χ4n) is 1.99. The van der Waals surface area contributed by atoms with E-state index in [0.717, 1.165) is 0 Å². The van der Waals surface area contributed by atoms with Crippen molar-refractivity contribution in [2.75, 3.05) is 19.1 Å². The SMILES string of the molecule is COC(=O)c1ccc2c(c1)N(C)C(C)(C)S2(=O)=O. The van der Waals surface area contributed by atoms with Crippen molar-refractivity contribution in [2.45, 2.75) is 23.6 Å². The summed E-state index contributed by atoms with van der Waals surface area (Å²) in [5.74, 6) is -0.478. The van der Waals surface area contributed by atoms with Crippen LogP contribution in [0.5, 0.6) is 0 Å². The lowest BCUT2D eigenvalue weighted by Gasteiger charge is -2.28. The van der Waals surface area contributed by atoms with E-state index in [9.17, 15) is 13.2 Å². The van der Waals surface area contributed by atoms with E-state index in [-0.39, 0.29) is 4.90 Å². The number of fused-ring (bicyclic) bond motifs is 1. The molecule has 1 aliphatic heterocycles. The highest BCUT2D eigenvalue weighted by Gasteiger charge is 2.48. The predicted molar refractivity (Wildman–Crippen MR) is 67.4 cm³/mol. The maximum absolute atomic E-state index is 12.3. The van der Waals surface area contributed by atoms with Gasteiger partial charge in [0, 0.05) is 7.05 Å². The van der Waals surface area contributed by atoms with Gasteiger partial charge in [0.05, 0.1) is 23.3 Å². The topological polar surface area (TPSA) is 63.7 Å². The van der Waals surface area contributed by atoms with E-state index in [4.69, 9.17) is 0 Å². The van der Waals surface area contributed by atoms with Crippen LogP contribution in [0.4, 0.5) is 5.69 Å². The molecule has 1 heterocycles. The van der Waals surface area contributed by atoms with Gasteiger partial charge in [-0.1, -0.05) is 0 Å². The van der Waals surface area contributed by atoms with Crippen molar-refractivity contribution in [1.29, 1.82) is 0 Å². The molecule has 0 amide bonds. The highest BCUT2D eigenvalue weighted by atomic mass is 32.2. The second-order valence-corrected chi connectivity index (χ2v) is 7.13. The molecule has 0 bridgehead atoms. The Bertz CT molecular complexity index is 619. The van der Waals surface area contributed by atoms with Gasteiger partial charge >= 0.3 is 5.97 Å². The number of anilines is 1. The summed E-state index contributed by atoms with van der Waals surface area (Å²) in [6.45, 7) is 3.28. The van der Waals surface area contributed by atoms with E-state index < -0.39 is 20.7 Å². The first-order valence-corrected chi connectivity index (χ1v) is 6.92. The summed E-state index contributed by atoms with van der Waals surface area (Å²) >= 11 is 0. The summed E-state index contributed by atoms with van der Waals surface area (Å²) in [4.78, 5) is 12.4. The third-order valence-electron chi connectivity index (χ3n) is 3.50. The maximum atomic E-state index is 12.3. The number of hydrogen-bond donors (Lipinski definition) is 0. The Hall–Kier alpha value is -1.56. The number of carbonyl (C=O) groups excluding carboxylic acids is 1. The number of sulfone groups is 1. The summed E-state index contributed by atoms with van der Waals surface area (Å²) in [7, 11) is -0.418. The number of nitrogens with zero attached hydrogens (tertiary/aromatic N) is 1. The third kappa shape index (κ3) is 1.45. The minimum Gasteiger partial charge on any atom is -0.465 e. The molecule has 0 aliphatic carbocycles. The molecule has 0 aromatic heterocycles. The Morgan fingerprint density at radius 2 is 1.94 bits per heavy atom. The molecule has 1 aliphatic rings. The van der Waals surface area contributed by atoms with Gasteiger partial charge in [0.15, 0.2) is 0 Å². The molecule has 5 nitrogen and oxygen atoms in total. The lowest BCUT2D eigenvalue weighted by molar-refractivity contribution is 0.0600. The Kier molecular flexibility index (Phi) is 2.66. The van der Waals surface area contributed by atoms with Crippen LogP contribution in [-0.2, 0) is 14.6 Å². The van der Waals surface area contributed by atoms with E-state index in [1.165, 1.54) is 19.2 Å². The standard InChI is InChI=1S/C12H15NO4S/c1-12(2)13(3)9-7-8(11(14)17-4)5-6-10(9)18(12,15)16/h5-7H,1-4H3. The Morgan fingerprint density at radius 1 is 1.33 bits per heavy atom. The molecule has 1 aromatic carbocycles. The van der Waals surface area contributed by atoms with E-state index in [1.54, 1.807) is 31.9 Å². The lowest BCUT2D eigenvalue weighted by atomic mass is 10.2. The van der Waals surface area contributed by atoms with Gasteiger partial charge in [-0.25, -0.2) is 13.2 Å². The molecule has 0 fully saturated rings. The van der Waals surface area contributed by atoms with E-state index in [1.807, 2.05) is 0 Å². The number of benzene rings is 1. The number of ether oxygens (including phenoxy) is 1. The minimum absolute atomic E-state index is 0.252. The van der Waals surface area contributed by atoms with E-state index in [2.05, 4.69) is 4.74 Å². The fraction of sp³-hybridized carbons (Fsp3) is 0.417. The molecule has 6 heteroatoms. The quantitative estimate of drug-likeness (QED) is 0.722. The van der Waals surface area contributed by atoms with Gasteiger partial charge in [-0.05, 0) is 32.0 Å². The third-order valence-corrected chi connectivity index (χ3v) is 6.01. The molecule has 1 aromatic rings. The van der Waals surface area contributed by atoms with Crippen LogP contribution in [0, 0.1) is 0 Å². The van der Waals surface area contributed by atoms with Crippen LogP contribution >= 0.6 is 0 Å². The van der Waals surface area contributed by atoms with Gasteiger partial charge in [0.2, 0.25) is 9.84 Å². The fourth-order valence-corrected chi connectivity index (χ4v) is 3.71. The van der Waals surface area contributed by atoms with Gasteiger partial charge in [0.25, 0.3) is 0 Å². The maximum Gasteiger partial charge on any atom is 0.337 e. The van der Waals surface area contributed by atoms with Crippen LogP contribution in [0.15, 0.2) is 23.1 Å². The summed E-state index contributed by atoms with van der Waals surface area (Å²) in [6, 6.07) is 4.48. The number of rotatable bonds is 1. The summed E-state index contributed by atoms with van der Waals surface area (Å²) in [6.07, 6.45) is 0. The smallest absolute Gasteiger partial charge is 0.337 e. The molecule has 98 valence electrons. The van der Waals surface area contributed by atoms with Gasteiger partial charge in [0.1, 0.15) is 4.87 Å². The highest BCUT2D eigenvalue weighted by molar-refractivity contribution is 7.93. The average molecular weight is 269 g/mol. The van der Waals surface area contributed by atoms with Gasteiger partial charge in [-0.15, -0.1) is 0 Å². The van der Waals surface area contributed by atoms with Gasteiger partial charge in [-0.3, -0.25) is 0 Å². The molecule has 2 rings (SSSR count). The summed E-state index contributed by atoms with van der Waals surface area (Å²) in [5, 5.41) is 0. The van der Waals surface area contributed by atoms with Crippen LogP contribution < -0.4 is 4.90 Å². The number of carbonyl (C=O) groups is 1. The molecule has 0 saturated carbocycles. The molecule has 0 saturated heterocycles. The van der Waals surface area contributed by atoms with Gasteiger partial charge < -0.3 is 9.64 Å². The van der Waals surface area contributed by atoms with Crippen molar-refractivity contribution in [3.63, 3.8) is 0 Å². The average Bonchev–Trinajstić information content (AvgIpc) is 2.47. The lowest BCUT2D eigenvalue weighted by Crippen LogP contribution is -2.42. The zero-order valence-corrected chi connectivity index (χ0v) is 11.5. The van der Waals surface area contributed by atoms with Gasteiger partial charge in [-0.2, -0.15) is 0 Å². The first-order valence-electron chi connectivity index (χ1n) is 5.44. The molecule has 0 spiro atoms. The monoisotopic (exact) mass is 269 g/mol. The van der Waals surface area contributed by atoms with Crippen LogP contribution in [0.2, 0.25) is 0 Å². The Balaban J connectivity index is 2.66. The first kappa shape index (κ1) is 12.9. The van der Waals surface area contributed by atoms with Crippen molar-refractivity contribution in [3.05, 3.63) is 23.8 Å². The molecular weight excluding hydrogens is 254 g/mol. The number of esters is 1. The summed E-state index contributed by atoms with van der Waals surface area (Å²) < 4.78 is 29.2. The van der Waals surface area contributed by atoms with E-state index >= 15 is 0 Å². The minimum atomic E-state index is -3.41. The molecule has 18 heavy (non-hydrogen) atoms. The normalized spacial score (nSPS) is 19.4. The van der Waals surface area contributed by atoms with Crippen molar-refractivity contribution < 1.29 is 17.9 Å². The molecule has 0 unspecified atom stereocenters. The summed E-state index contributed by atoms with van der Waals surface area (Å²) in [5.41, 5.74) is 0.874. The second kappa shape index (κ2) is 3.71. The van der Waals surface area contributed by atoms with E-state index in [0.29, 0.717) is 11.3 Å². The van der Waals surface area contributed by atoms with Crippen molar-refractivity contribution in [1.82, 2.24) is 0 Å². The molecule has 0 atom stereocenters. The molecule has 0 radical (unpaired) electrons. The number of methoxy groups -OCH3 is 1. The van der Waals surface area contributed by atoms with Crippen LogP contribution in [-0.4, -0.2) is 33.4 Å². The van der Waals surface area contributed by atoms with Crippen molar-refractivity contribution in [2.24, 2.45) is 0 Å². The highest BCUT2D eigenvalue weighted by Crippen LogP contribution is 2.44.